The van der Waals surface area contributed by atoms with Crippen molar-refractivity contribution in [2.45, 2.75) is 0 Å². The van der Waals surface area contributed by atoms with E-state index in [0.717, 1.165) is 0 Å². The van der Waals surface area contributed by atoms with Crippen molar-refractivity contribution in [3.63, 3.8) is 0 Å². The molecule has 2 aliphatic rings. The van der Waals surface area contributed by atoms with E-state index in [4.69, 9.17) is 92.8 Å². The van der Waals surface area contributed by atoms with Crippen molar-refractivity contribution in [2.24, 2.45) is 0 Å². The summed E-state index contributed by atoms with van der Waals surface area (Å²) >= 11 is 43.4. The third-order valence-electron chi connectivity index (χ3n) is 12.5. The molecule has 0 N–H and O–H groups in total. The zero-order chi connectivity index (χ0) is 50.5. The quantitative estimate of drug-likeness (QED) is 0.0862. The first-order chi connectivity index (χ1) is 34.7. The summed E-state index contributed by atoms with van der Waals surface area (Å²) in [7, 11) is 0. The number of rotatable bonds is 0. The summed E-state index contributed by atoms with van der Waals surface area (Å²) in [4.78, 5) is 43.6. The van der Waals surface area contributed by atoms with E-state index < -0.39 is 43.3 Å². The Labute approximate surface area is 450 Å². The molecule has 72 heavy (non-hydrogen) atoms. The first-order valence-electron chi connectivity index (χ1n) is 22.0. The number of halogens is 8. The standard InChI is InChI=1S/3C16H10.2C6Cl4O2/c3*1-3-11-7-9-13-5-2-6-14-10-8-12(4-1)15(11)16(13)14;2*7-1-2(8)4(10)6(12)5(11)3(1)9/h3*1-10H;;. The van der Waals surface area contributed by atoms with Gasteiger partial charge in [0.25, 0.3) is 0 Å². The number of hydrogen-bond acceptors (Lipinski definition) is 4. The molecule has 2 aliphatic carbocycles. The maximum absolute atomic E-state index is 10.9. The molecule has 0 saturated heterocycles. The van der Waals surface area contributed by atoms with E-state index in [2.05, 4.69) is 182 Å². The van der Waals surface area contributed by atoms with E-state index in [0.29, 0.717) is 0 Å². The molecule has 12 heteroatoms. The lowest BCUT2D eigenvalue weighted by molar-refractivity contribution is -0.131. The van der Waals surface area contributed by atoms with Crippen LogP contribution < -0.4 is 0 Å². The maximum atomic E-state index is 10.9. The molecule has 0 heterocycles. The molecule has 0 aliphatic heterocycles. The van der Waals surface area contributed by atoms with Crippen LogP contribution in [0.15, 0.2) is 222 Å². The lowest BCUT2D eigenvalue weighted by Gasteiger charge is -2.09. The number of benzene rings is 12. The van der Waals surface area contributed by atoms with Crippen molar-refractivity contribution >= 4 is 213 Å². The van der Waals surface area contributed by atoms with Gasteiger partial charge in [-0.1, -0.05) is 275 Å². The van der Waals surface area contributed by atoms with Crippen molar-refractivity contribution in [1.29, 1.82) is 0 Å². The molecule has 14 rings (SSSR count). The van der Waals surface area contributed by atoms with Gasteiger partial charge in [-0.25, -0.2) is 0 Å². The molecule has 12 aromatic rings. The summed E-state index contributed by atoms with van der Waals surface area (Å²) in [5.74, 6) is -3.74. The number of allylic oxidation sites excluding steroid dienone is 8. The van der Waals surface area contributed by atoms with Crippen LogP contribution in [0.4, 0.5) is 0 Å². The highest BCUT2D eigenvalue weighted by Crippen LogP contribution is 2.39. The van der Waals surface area contributed by atoms with Gasteiger partial charge in [0, 0.05) is 0 Å². The summed E-state index contributed by atoms with van der Waals surface area (Å²) in [6.07, 6.45) is 0. The maximum Gasteiger partial charge on any atom is 0.247 e. The van der Waals surface area contributed by atoms with Crippen molar-refractivity contribution in [1.82, 2.24) is 0 Å². The molecule has 0 aromatic heterocycles. The third kappa shape index (κ3) is 8.91. The lowest BCUT2D eigenvalue weighted by Crippen LogP contribution is -2.19. The second-order valence-electron chi connectivity index (χ2n) is 16.7. The molecular weight excluding hydrogens is 1070 g/mol. The Kier molecular flexibility index (Phi) is 13.9. The Bertz CT molecular complexity index is 3450. The summed E-state index contributed by atoms with van der Waals surface area (Å²) in [6, 6.07) is 65.6. The van der Waals surface area contributed by atoms with Gasteiger partial charge in [-0.15, -0.1) is 0 Å². The van der Waals surface area contributed by atoms with E-state index in [1.807, 2.05) is 0 Å². The minimum Gasteiger partial charge on any atom is -0.284 e. The van der Waals surface area contributed by atoms with Crippen molar-refractivity contribution in [3.8, 4) is 0 Å². The van der Waals surface area contributed by atoms with E-state index >= 15 is 0 Å². The van der Waals surface area contributed by atoms with Crippen LogP contribution in [0.3, 0.4) is 0 Å². The highest BCUT2D eigenvalue weighted by molar-refractivity contribution is 6.74. The van der Waals surface area contributed by atoms with Gasteiger partial charge < -0.3 is 0 Å². The van der Waals surface area contributed by atoms with Gasteiger partial charge in [-0.3, -0.25) is 19.2 Å². The molecule has 0 bridgehead atoms. The summed E-state index contributed by atoms with van der Waals surface area (Å²) in [5, 5.41) is 22.1. The number of ketones is 4. The van der Waals surface area contributed by atoms with Crippen LogP contribution in [0.25, 0.3) is 97.0 Å². The Balaban J connectivity index is 0.000000104. The van der Waals surface area contributed by atoms with Crippen molar-refractivity contribution < 1.29 is 19.2 Å². The average Bonchev–Trinajstić information content (AvgIpc) is 3.43. The zero-order valence-electron chi connectivity index (χ0n) is 37.0. The van der Waals surface area contributed by atoms with Gasteiger partial charge in [0.2, 0.25) is 23.1 Å². The Morgan fingerprint density at radius 2 is 0.278 bits per heavy atom. The van der Waals surface area contributed by atoms with Crippen LogP contribution in [-0.2, 0) is 19.2 Å². The van der Waals surface area contributed by atoms with Crippen LogP contribution in [-0.4, -0.2) is 23.1 Å². The fraction of sp³-hybridized carbons (Fsp3) is 0. The predicted octanol–water partition coefficient (Wildman–Crippen LogP) is 18.8. The summed E-state index contributed by atoms with van der Waals surface area (Å²) in [5.41, 5.74) is 0. The van der Waals surface area contributed by atoms with Gasteiger partial charge in [-0.05, 0) is 97.0 Å². The molecule has 0 radical (unpaired) electrons. The van der Waals surface area contributed by atoms with Crippen LogP contribution >= 0.6 is 92.8 Å². The Hall–Kier alpha value is -6.28. The number of carbonyl (C=O) groups is 4. The number of carbonyl (C=O) groups excluding carboxylic acids is 4. The van der Waals surface area contributed by atoms with E-state index in [9.17, 15) is 19.2 Å². The first kappa shape index (κ1) is 49.3. The van der Waals surface area contributed by atoms with Crippen LogP contribution in [0.2, 0.25) is 0 Å². The molecule has 12 aromatic carbocycles. The van der Waals surface area contributed by atoms with Gasteiger partial charge in [-0.2, -0.15) is 0 Å². The minimum absolute atomic E-state index is 0.187. The molecule has 0 amide bonds. The summed E-state index contributed by atoms with van der Waals surface area (Å²) in [6.45, 7) is 0. The molecule has 350 valence electrons. The zero-order valence-corrected chi connectivity index (χ0v) is 43.0. The van der Waals surface area contributed by atoms with Gasteiger partial charge in [0.15, 0.2) is 0 Å². The molecule has 0 saturated carbocycles. The van der Waals surface area contributed by atoms with Crippen molar-refractivity contribution in [3.05, 3.63) is 222 Å². The van der Waals surface area contributed by atoms with Gasteiger partial charge in [0.1, 0.15) is 20.1 Å². The van der Waals surface area contributed by atoms with E-state index in [1.165, 1.54) is 97.0 Å². The monoisotopic (exact) mass is 1090 g/mol. The Morgan fingerprint density at radius 1 is 0.167 bits per heavy atom. The fourth-order valence-corrected chi connectivity index (χ4v) is 10.8. The second kappa shape index (κ2) is 20.3. The molecule has 0 fully saturated rings. The van der Waals surface area contributed by atoms with Crippen LogP contribution in [0.5, 0.6) is 0 Å². The SMILES string of the molecule is O=C1C(=O)C(Cl)=C(Cl)C(Cl)=C1Cl.O=C1C(=O)C(Cl)=C(Cl)C(Cl)=C1Cl.c1cc2ccc3cccc4ccc(c1)c2c34.c1cc2ccc3cccc4ccc(c1)c2c34.c1cc2ccc3cccc4ccc(c1)c2c34. The minimum atomic E-state index is -0.934. The van der Waals surface area contributed by atoms with Crippen molar-refractivity contribution in [2.75, 3.05) is 0 Å². The third-order valence-corrected chi connectivity index (χ3v) is 16.1. The van der Waals surface area contributed by atoms with Gasteiger partial charge in [0.05, 0.1) is 20.1 Å². The molecule has 4 nitrogen and oxygen atoms in total. The lowest BCUT2D eigenvalue weighted by atomic mass is 9.95. The smallest absolute Gasteiger partial charge is 0.247 e. The summed E-state index contributed by atoms with van der Waals surface area (Å²) < 4.78 is 0. The van der Waals surface area contributed by atoms with Crippen LogP contribution in [0.1, 0.15) is 0 Å². The fourth-order valence-electron chi connectivity index (χ4n) is 9.19. The first-order valence-corrected chi connectivity index (χ1v) is 25.0. The molecule has 0 spiro atoms. The molecule has 0 unspecified atom stereocenters. The van der Waals surface area contributed by atoms with E-state index in [-0.39, 0.29) is 20.1 Å². The topological polar surface area (TPSA) is 68.3 Å². The predicted molar refractivity (Wildman–Crippen MR) is 305 cm³/mol. The average molecular weight is 1100 g/mol. The highest BCUT2D eigenvalue weighted by Gasteiger charge is 2.33. The van der Waals surface area contributed by atoms with Gasteiger partial charge >= 0.3 is 0 Å². The molecular formula is C60H30Cl8O4. The second-order valence-corrected chi connectivity index (χ2v) is 19.7. The van der Waals surface area contributed by atoms with E-state index in [1.54, 1.807) is 0 Å². The number of hydrogen-bond donors (Lipinski definition) is 0. The number of Topliss-reactive ketones (excluding diaryl/α,β-unsaturated/α-hetero) is 4. The normalized spacial score (nSPS) is 14.3. The Morgan fingerprint density at radius 3 is 0.389 bits per heavy atom. The largest absolute Gasteiger partial charge is 0.284 e. The van der Waals surface area contributed by atoms with Crippen LogP contribution in [0, 0.1) is 0 Å². The highest BCUT2D eigenvalue weighted by atomic mass is 35.5. The molecule has 0 atom stereocenters.